The van der Waals surface area contributed by atoms with Crippen molar-refractivity contribution in [2.24, 2.45) is 0 Å². The van der Waals surface area contributed by atoms with Gasteiger partial charge in [0, 0.05) is 28.3 Å². The summed E-state index contributed by atoms with van der Waals surface area (Å²) in [5, 5.41) is 3.00. The van der Waals surface area contributed by atoms with E-state index in [0.29, 0.717) is 16.0 Å². The first kappa shape index (κ1) is 19.3. The van der Waals surface area contributed by atoms with Gasteiger partial charge in [0.15, 0.2) is 0 Å². The zero-order valence-electron chi connectivity index (χ0n) is 17.4. The van der Waals surface area contributed by atoms with Crippen LogP contribution in [0, 0.1) is 6.92 Å². The van der Waals surface area contributed by atoms with Gasteiger partial charge in [0.05, 0.1) is 11.2 Å². The molecule has 6 rings (SSSR count). The molecule has 1 aromatic carbocycles. The number of nitrogens with one attached hydrogen (secondary N) is 1. The molecule has 0 saturated carbocycles. The van der Waals surface area contributed by atoms with Crippen LogP contribution >= 0.6 is 22.7 Å². The number of hydrogen-bond acceptors (Lipinski definition) is 6. The SMILES string of the molecule is CC(=O)Nn1c(C)nc2c(sc3nc4c(c(-c5cccs5)c32)CCc2ccccc2-4)c1=O. The molecule has 0 radical (unpaired) electrons. The number of amides is 1. The normalized spacial score (nSPS) is 12.7. The van der Waals surface area contributed by atoms with Crippen LogP contribution in [-0.2, 0) is 17.6 Å². The topological polar surface area (TPSA) is 76.9 Å². The average molecular weight is 459 g/mol. The Kier molecular flexibility index (Phi) is 4.28. The first-order valence-corrected chi connectivity index (χ1v) is 12.0. The second-order valence-corrected chi connectivity index (χ2v) is 9.82. The maximum Gasteiger partial charge on any atom is 0.290 e. The lowest BCUT2D eigenvalue weighted by atomic mass is 9.85. The second-order valence-electron chi connectivity index (χ2n) is 7.88. The van der Waals surface area contributed by atoms with Gasteiger partial charge in [-0.25, -0.2) is 14.6 Å². The van der Waals surface area contributed by atoms with Crippen LogP contribution < -0.4 is 11.0 Å². The molecule has 0 bridgehead atoms. The van der Waals surface area contributed by atoms with E-state index in [-0.39, 0.29) is 11.5 Å². The molecule has 0 spiro atoms. The minimum absolute atomic E-state index is 0.277. The molecule has 32 heavy (non-hydrogen) atoms. The van der Waals surface area contributed by atoms with Crippen LogP contribution in [-0.4, -0.2) is 20.6 Å². The maximum atomic E-state index is 13.3. The minimum atomic E-state index is -0.318. The van der Waals surface area contributed by atoms with Crippen molar-refractivity contribution in [2.45, 2.75) is 26.7 Å². The standard InChI is InChI=1S/C24H18N4O2S2/c1-12-25-21-19-18(17-8-5-11-31-17)16-10-9-14-6-3-4-7-15(14)20(16)26-23(19)32-22(21)24(30)28(12)27-13(2)29/h3-8,11H,9-10H2,1-2H3,(H,27,29). The third kappa shape index (κ3) is 2.76. The zero-order valence-corrected chi connectivity index (χ0v) is 19.1. The van der Waals surface area contributed by atoms with Gasteiger partial charge >= 0.3 is 0 Å². The summed E-state index contributed by atoms with van der Waals surface area (Å²) >= 11 is 3.03. The first-order valence-electron chi connectivity index (χ1n) is 10.3. The number of aryl methyl sites for hydroxylation is 2. The summed E-state index contributed by atoms with van der Waals surface area (Å²) in [7, 11) is 0. The van der Waals surface area contributed by atoms with Gasteiger partial charge in [-0.2, -0.15) is 0 Å². The molecule has 1 aliphatic rings. The highest BCUT2D eigenvalue weighted by atomic mass is 32.1. The van der Waals surface area contributed by atoms with Crippen molar-refractivity contribution in [2.75, 3.05) is 5.43 Å². The van der Waals surface area contributed by atoms with Crippen molar-refractivity contribution in [3.8, 4) is 21.7 Å². The van der Waals surface area contributed by atoms with E-state index in [1.807, 2.05) is 12.1 Å². The van der Waals surface area contributed by atoms with Crippen molar-refractivity contribution < 1.29 is 4.79 Å². The van der Waals surface area contributed by atoms with Crippen LogP contribution in [0.5, 0.6) is 0 Å². The lowest BCUT2D eigenvalue weighted by Crippen LogP contribution is -2.33. The van der Waals surface area contributed by atoms with Crippen molar-refractivity contribution in [3.05, 3.63) is 69.1 Å². The largest absolute Gasteiger partial charge is 0.290 e. The van der Waals surface area contributed by atoms with Crippen LogP contribution in [0.25, 0.3) is 42.1 Å². The van der Waals surface area contributed by atoms with Crippen LogP contribution in [0.1, 0.15) is 23.9 Å². The lowest BCUT2D eigenvalue weighted by molar-refractivity contribution is -0.115. The lowest BCUT2D eigenvalue weighted by Gasteiger charge is -2.22. The van der Waals surface area contributed by atoms with Gasteiger partial charge in [-0.15, -0.1) is 22.7 Å². The van der Waals surface area contributed by atoms with Gasteiger partial charge in [0.1, 0.15) is 15.4 Å². The number of pyridine rings is 1. The third-order valence-electron chi connectivity index (χ3n) is 5.86. The Morgan fingerprint density at radius 1 is 1.12 bits per heavy atom. The van der Waals surface area contributed by atoms with Crippen molar-refractivity contribution in [1.82, 2.24) is 14.6 Å². The Hall–Kier alpha value is -3.36. The van der Waals surface area contributed by atoms with Crippen molar-refractivity contribution in [1.29, 1.82) is 0 Å². The minimum Gasteiger partial charge on any atom is -0.274 e. The summed E-state index contributed by atoms with van der Waals surface area (Å²) in [6, 6.07) is 12.6. The fourth-order valence-corrected chi connectivity index (χ4v) is 6.40. The summed E-state index contributed by atoms with van der Waals surface area (Å²) in [6.45, 7) is 3.11. The number of carbonyl (C=O) groups excluding carboxylic acids is 1. The highest BCUT2D eigenvalue weighted by molar-refractivity contribution is 7.25. The molecule has 5 aromatic rings. The molecular weight excluding hydrogens is 440 g/mol. The Morgan fingerprint density at radius 2 is 1.97 bits per heavy atom. The van der Waals surface area contributed by atoms with Crippen LogP contribution in [0.3, 0.4) is 0 Å². The molecule has 0 aliphatic heterocycles. The molecule has 1 N–H and O–H groups in total. The summed E-state index contributed by atoms with van der Waals surface area (Å²) in [5.41, 5.74) is 8.75. The smallest absolute Gasteiger partial charge is 0.274 e. The van der Waals surface area contributed by atoms with Crippen molar-refractivity contribution in [3.63, 3.8) is 0 Å². The molecule has 1 amide bonds. The molecule has 4 aromatic heterocycles. The molecule has 8 heteroatoms. The van der Waals surface area contributed by atoms with Crippen LogP contribution in [0.2, 0.25) is 0 Å². The Labute approximate surface area is 191 Å². The van der Waals surface area contributed by atoms with Gasteiger partial charge in [-0.05, 0) is 42.3 Å². The monoisotopic (exact) mass is 458 g/mol. The number of hydrogen-bond donors (Lipinski definition) is 1. The van der Waals surface area contributed by atoms with E-state index in [1.54, 1.807) is 18.3 Å². The molecule has 6 nitrogen and oxygen atoms in total. The Morgan fingerprint density at radius 3 is 2.75 bits per heavy atom. The number of rotatable bonds is 2. The third-order valence-corrected chi connectivity index (χ3v) is 7.81. The molecule has 0 fully saturated rings. The van der Waals surface area contributed by atoms with E-state index in [1.165, 1.54) is 34.1 Å². The number of carbonyl (C=O) groups is 1. The number of thiophene rings is 2. The predicted molar refractivity (Wildman–Crippen MR) is 130 cm³/mol. The number of fused-ring (bicyclic) bond motifs is 6. The highest BCUT2D eigenvalue weighted by Gasteiger charge is 2.27. The van der Waals surface area contributed by atoms with Gasteiger partial charge in [-0.1, -0.05) is 30.3 Å². The van der Waals surface area contributed by atoms with E-state index in [9.17, 15) is 9.59 Å². The Bertz CT molecular complexity index is 1610. The number of benzene rings is 1. The molecule has 1 aliphatic carbocycles. The van der Waals surface area contributed by atoms with Crippen LogP contribution in [0.15, 0.2) is 46.6 Å². The summed E-state index contributed by atoms with van der Waals surface area (Å²) < 4.78 is 1.72. The zero-order chi connectivity index (χ0) is 22.0. The fraction of sp³-hybridized carbons (Fsp3) is 0.167. The average Bonchev–Trinajstić information content (AvgIpc) is 3.43. The van der Waals surface area contributed by atoms with E-state index in [0.717, 1.165) is 44.8 Å². The van der Waals surface area contributed by atoms with Gasteiger partial charge in [-0.3, -0.25) is 15.0 Å². The van der Waals surface area contributed by atoms with Crippen LogP contribution in [0.4, 0.5) is 0 Å². The van der Waals surface area contributed by atoms with E-state index < -0.39 is 0 Å². The summed E-state index contributed by atoms with van der Waals surface area (Å²) in [5.74, 6) is 0.125. The Balaban J connectivity index is 1.77. The number of nitrogens with zero attached hydrogens (tertiary/aromatic N) is 3. The highest BCUT2D eigenvalue weighted by Crippen LogP contribution is 2.46. The fourth-order valence-electron chi connectivity index (χ4n) is 4.54. The molecular formula is C24H18N4O2S2. The van der Waals surface area contributed by atoms with E-state index in [4.69, 9.17) is 9.97 Å². The predicted octanol–water partition coefficient (Wildman–Crippen LogP) is 4.90. The van der Waals surface area contributed by atoms with Gasteiger partial charge in [0.2, 0.25) is 5.91 Å². The summed E-state index contributed by atoms with van der Waals surface area (Å²) in [6.07, 6.45) is 1.85. The number of aromatic nitrogens is 3. The molecule has 0 atom stereocenters. The molecule has 158 valence electrons. The van der Waals surface area contributed by atoms with E-state index in [2.05, 4.69) is 35.1 Å². The second kappa shape index (κ2) is 7.08. The van der Waals surface area contributed by atoms with E-state index >= 15 is 0 Å². The maximum absolute atomic E-state index is 13.3. The quantitative estimate of drug-likeness (QED) is 0.408. The molecule has 0 saturated heterocycles. The first-order chi connectivity index (χ1) is 15.5. The molecule has 0 unspecified atom stereocenters. The molecule has 4 heterocycles. The van der Waals surface area contributed by atoms with Gasteiger partial charge in [0.25, 0.3) is 5.56 Å². The van der Waals surface area contributed by atoms with Gasteiger partial charge < -0.3 is 0 Å². The summed E-state index contributed by atoms with van der Waals surface area (Å²) in [4.78, 5) is 36.7. The van der Waals surface area contributed by atoms with Crippen molar-refractivity contribution >= 4 is 49.0 Å².